The van der Waals surface area contributed by atoms with Gasteiger partial charge in [-0.1, -0.05) is 12.1 Å². The molecule has 0 unspecified atom stereocenters. The number of phenols is 1. The fourth-order valence-corrected chi connectivity index (χ4v) is 4.68. The van der Waals surface area contributed by atoms with Gasteiger partial charge in [0.1, 0.15) is 10.4 Å². The molecule has 0 bridgehead atoms. The highest BCUT2D eigenvalue weighted by Gasteiger charge is 2.22. The minimum Gasteiger partial charge on any atom is -0.506 e. The summed E-state index contributed by atoms with van der Waals surface area (Å²) in [6.07, 6.45) is 0. The summed E-state index contributed by atoms with van der Waals surface area (Å²) in [5.74, 6) is 1.73. The number of aromatic hydroxyl groups is 1. The van der Waals surface area contributed by atoms with Gasteiger partial charge in [0.05, 0.1) is 17.7 Å². The maximum atomic E-state index is 12.5. The van der Waals surface area contributed by atoms with E-state index >= 15 is 0 Å². The van der Waals surface area contributed by atoms with E-state index in [4.69, 9.17) is 0 Å². The van der Waals surface area contributed by atoms with Crippen LogP contribution in [0, 0.1) is 0 Å². The fraction of sp³-hybridized carbons (Fsp3) is 0.316. The Hall–Kier alpha value is -2.91. The molecule has 3 aromatic heterocycles. The summed E-state index contributed by atoms with van der Waals surface area (Å²) in [4.78, 5) is 17.0. The maximum absolute atomic E-state index is 12.5. The van der Waals surface area contributed by atoms with Gasteiger partial charge in [0.15, 0.2) is 5.82 Å². The first-order valence-electron chi connectivity index (χ1n) is 9.19. The van der Waals surface area contributed by atoms with E-state index in [1.165, 1.54) is 11.3 Å². The van der Waals surface area contributed by atoms with Crippen molar-refractivity contribution < 1.29 is 5.11 Å². The quantitative estimate of drug-likeness (QED) is 0.568. The molecule has 9 heteroatoms. The predicted octanol–water partition coefficient (Wildman–Crippen LogP) is 1.67. The summed E-state index contributed by atoms with van der Waals surface area (Å²) < 4.78 is 4.27. The molecule has 0 spiro atoms. The summed E-state index contributed by atoms with van der Waals surface area (Å²) in [5.41, 5.74) is 1.72. The van der Waals surface area contributed by atoms with E-state index in [-0.39, 0.29) is 5.56 Å². The number of thiophene rings is 1. The van der Waals surface area contributed by atoms with Crippen LogP contribution in [0.2, 0.25) is 0 Å². The Morgan fingerprint density at radius 1 is 1.11 bits per heavy atom. The highest BCUT2D eigenvalue weighted by atomic mass is 32.1. The summed E-state index contributed by atoms with van der Waals surface area (Å²) >= 11 is 1.45. The monoisotopic (exact) mass is 396 g/mol. The lowest BCUT2D eigenvalue weighted by Crippen LogP contribution is -2.46. The van der Waals surface area contributed by atoms with Gasteiger partial charge in [-0.2, -0.15) is 0 Å². The molecule has 1 aromatic carbocycles. The van der Waals surface area contributed by atoms with Gasteiger partial charge in [-0.25, -0.2) is 0 Å². The lowest BCUT2D eigenvalue weighted by molar-refractivity contribution is 0.243. The van der Waals surface area contributed by atoms with Crippen LogP contribution in [0.25, 0.3) is 16.0 Å². The molecular formula is C19H20N6O2S. The smallest absolute Gasteiger partial charge is 0.272 e. The maximum Gasteiger partial charge on any atom is 0.272 e. The molecule has 4 aromatic rings. The van der Waals surface area contributed by atoms with Crippen molar-refractivity contribution in [2.24, 2.45) is 7.05 Å². The zero-order valence-electron chi connectivity index (χ0n) is 15.4. The van der Waals surface area contributed by atoms with Crippen LogP contribution < -0.4 is 10.5 Å². The number of piperazine rings is 1. The number of nitrogens with zero attached hydrogens (tertiary/aromatic N) is 6. The predicted molar refractivity (Wildman–Crippen MR) is 109 cm³/mol. The summed E-state index contributed by atoms with van der Waals surface area (Å²) in [6.45, 7) is 4.06. The Morgan fingerprint density at radius 2 is 1.89 bits per heavy atom. The van der Waals surface area contributed by atoms with Gasteiger partial charge in [0.25, 0.3) is 5.56 Å². The fourth-order valence-electron chi connectivity index (χ4n) is 3.83. The Kier molecular flexibility index (Phi) is 4.06. The molecule has 0 radical (unpaired) electrons. The largest absolute Gasteiger partial charge is 0.506 e. The summed E-state index contributed by atoms with van der Waals surface area (Å²) in [6, 6.07) is 9.41. The van der Waals surface area contributed by atoms with Crippen molar-refractivity contribution in [3.05, 3.63) is 51.9 Å². The SMILES string of the molecule is Cn1c(=O)c2sccc2n2c(CN3CCN(c4ccccc4O)CC3)nnc12. The molecule has 5 rings (SSSR count). The lowest BCUT2D eigenvalue weighted by atomic mass is 10.2. The number of hydrogen-bond donors (Lipinski definition) is 1. The van der Waals surface area contributed by atoms with E-state index in [1.54, 1.807) is 17.7 Å². The van der Waals surface area contributed by atoms with E-state index in [0.717, 1.165) is 47.9 Å². The van der Waals surface area contributed by atoms with E-state index < -0.39 is 0 Å². The minimum atomic E-state index is -0.0345. The van der Waals surface area contributed by atoms with Crippen LogP contribution in [0.15, 0.2) is 40.5 Å². The molecule has 8 nitrogen and oxygen atoms in total. The molecule has 0 saturated carbocycles. The first kappa shape index (κ1) is 17.2. The number of anilines is 1. The third-order valence-corrected chi connectivity index (χ3v) is 6.25. The number of hydrogen-bond acceptors (Lipinski definition) is 7. The van der Waals surface area contributed by atoms with Crippen molar-refractivity contribution in [2.45, 2.75) is 6.54 Å². The lowest BCUT2D eigenvalue weighted by Gasteiger charge is -2.35. The molecular weight excluding hydrogens is 376 g/mol. The molecule has 0 aliphatic carbocycles. The summed E-state index contributed by atoms with van der Waals surface area (Å²) in [5, 5.41) is 20.6. The molecule has 0 amide bonds. The van der Waals surface area contributed by atoms with Crippen LogP contribution >= 0.6 is 11.3 Å². The third-order valence-electron chi connectivity index (χ3n) is 5.36. The number of phenolic OH excluding ortho intramolecular Hbond substituents is 1. The van der Waals surface area contributed by atoms with Gasteiger partial charge in [-0.3, -0.25) is 18.7 Å². The molecule has 4 heterocycles. The molecule has 1 N–H and O–H groups in total. The topological polar surface area (TPSA) is 78.9 Å². The van der Waals surface area contributed by atoms with Crippen molar-refractivity contribution in [1.82, 2.24) is 24.1 Å². The van der Waals surface area contributed by atoms with Gasteiger partial charge < -0.3 is 10.0 Å². The highest BCUT2D eigenvalue weighted by Crippen LogP contribution is 2.27. The van der Waals surface area contributed by atoms with E-state index in [0.29, 0.717) is 18.1 Å². The molecule has 1 aliphatic rings. The van der Waals surface area contributed by atoms with Crippen LogP contribution in [0.3, 0.4) is 0 Å². The highest BCUT2D eigenvalue weighted by molar-refractivity contribution is 7.17. The first-order valence-corrected chi connectivity index (χ1v) is 10.1. The van der Waals surface area contributed by atoms with Crippen LogP contribution in [0.1, 0.15) is 5.82 Å². The minimum absolute atomic E-state index is 0.0345. The molecule has 1 saturated heterocycles. The Labute approximate surface area is 164 Å². The molecule has 0 atom stereocenters. The number of aromatic nitrogens is 4. The second kappa shape index (κ2) is 6.61. The van der Waals surface area contributed by atoms with Crippen molar-refractivity contribution in [3.63, 3.8) is 0 Å². The first-order chi connectivity index (χ1) is 13.6. The van der Waals surface area contributed by atoms with E-state index in [9.17, 15) is 9.90 Å². The second-order valence-electron chi connectivity index (χ2n) is 7.00. The number of rotatable bonds is 3. The molecule has 1 aliphatic heterocycles. The van der Waals surface area contributed by atoms with Crippen molar-refractivity contribution in [3.8, 4) is 5.75 Å². The van der Waals surface area contributed by atoms with Crippen LogP contribution in [-0.2, 0) is 13.6 Å². The number of fused-ring (bicyclic) bond motifs is 3. The normalized spacial score (nSPS) is 15.7. The van der Waals surface area contributed by atoms with Crippen molar-refractivity contribution >= 4 is 33.0 Å². The second-order valence-corrected chi connectivity index (χ2v) is 7.92. The average Bonchev–Trinajstić information content (AvgIpc) is 3.34. The van der Waals surface area contributed by atoms with Crippen molar-refractivity contribution in [2.75, 3.05) is 31.1 Å². The van der Waals surface area contributed by atoms with Crippen LogP contribution in [0.5, 0.6) is 5.75 Å². The summed E-state index contributed by atoms with van der Waals surface area (Å²) in [7, 11) is 1.74. The van der Waals surface area contributed by atoms with Gasteiger partial charge in [0, 0.05) is 33.2 Å². The van der Waals surface area contributed by atoms with Crippen LogP contribution in [-0.4, -0.2) is 55.4 Å². The standard InChI is InChI=1S/C19H20N6O2S/c1-22-18(27)17-14(6-11-28-17)25-16(20-21-19(22)25)12-23-7-9-24(10-8-23)13-4-2-3-5-15(13)26/h2-6,11,26H,7-10,12H2,1H3. The number of para-hydroxylation sites is 2. The Morgan fingerprint density at radius 3 is 2.68 bits per heavy atom. The van der Waals surface area contributed by atoms with Crippen LogP contribution in [0.4, 0.5) is 5.69 Å². The molecule has 28 heavy (non-hydrogen) atoms. The Bertz CT molecular complexity index is 1220. The van der Waals surface area contributed by atoms with E-state index in [2.05, 4.69) is 20.0 Å². The zero-order chi connectivity index (χ0) is 19.3. The third kappa shape index (κ3) is 2.66. The van der Waals surface area contributed by atoms with Gasteiger partial charge in [-0.15, -0.1) is 21.5 Å². The van der Waals surface area contributed by atoms with E-state index in [1.807, 2.05) is 34.0 Å². The Balaban J connectivity index is 1.40. The molecule has 144 valence electrons. The van der Waals surface area contributed by atoms with Gasteiger partial charge in [-0.05, 0) is 23.6 Å². The average molecular weight is 396 g/mol. The van der Waals surface area contributed by atoms with Gasteiger partial charge >= 0.3 is 0 Å². The number of benzene rings is 1. The molecule has 1 fully saturated rings. The number of aryl methyl sites for hydroxylation is 1. The van der Waals surface area contributed by atoms with Crippen molar-refractivity contribution in [1.29, 1.82) is 0 Å². The zero-order valence-corrected chi connectivity index (χ0v) is 16.3. The van der Waals surface area contributed by atoms with Gasteiger partial charge in [0.2, 0.25) is 5.78 Å².